The molecule has 1 atom stereocenters. The van der Waals surface area contributed by atoms with Crippen molar-refractivity contribution in [3.63, 3.8) is 0 Å². The van der Waals surface area contributed by atoms with Crippen LogP contribution in [0, 0.1) is 11.7 Å². The summed E-state index contributed by atoms with van der Waals surface area (Å²) in [6, 6.07) is 3.48. The number of likely N-dealkylation sites (tertiary alicyclic amines) is 1. The molecule has 1 aliphatic heterocycles. The van der Waals surface area contributed by atoms with Gasteiger partial charge in [-0.15, -0.1) is 0 Å². The summed E-state index contributed by atoms with van der Waals surface area (Å²) in [5, 5.41) is 17.4. The van der Waals surface area contributed by atoms with Gasteiger partial charge in [-0.1, -0.05) is 19.6 Å². The zero-order valence-electron chi connectivity index (χ0n) is 26.8. The van der Waals surface area contributed by atoms with Crippen LogP contribution in [0.3, 0.4) is 0 Å². The molecule has 15 heteroatoms. The van der Waals surface area contributed by atoms with Crippen molar-refractivity contribution in [2.45, 2.75) is 107 Å². The number of carbonyl (C=O) groups excluding carboxylic acids is 2. The van der Waals surface area contributed by atoms with E-state index in [9.17, 15) is 27.9 Å². The van der Waals surface area contributed by atoms with E-state index in [1.807, 2.05) is 0 Å². The van der Waals surface area contributed by atoms with Gasteiger partial charge in [-0.05, 0) is 63.5 Å². The quantitative estimate of drug-likeness (QED) is 0.204. The van der Waals surface area contributed by atoms with Gasteiger partial charge in [0.15, 0.2) is 17.1 Å². The Morgan fingerprint density at radius 2 is 1.83 bits per heavy atom. The second-order valence-electron chi connectivity index (χ2n) is 14.2. The number of carbonyl (C=O) groups is 2. The van der Waals surface area contributed by atoms with Crippen LogP contribution in [-0.4, -0.2) is 88.3 Å². The van der Waals surface area contributed by atoms with Gasteiger partial charge in [-0.3, -0.25) is 9.59 Å². The lowest BCUT2D eigenvalue weighted by molar-refractivity contribution is -0.270. The van der Waals surface area contributed by atoms with Crippen molar-refractivity contribution in [3.05, 3.63) is 29.8 Å². The molecule has 10 nitrogen and oxygen atoms in total. The first-order valence-electron chi connectivity index (χ1n) is 15.8. The molecule has 2 amide bonds. The van der Waals surface area contributed by atoms with E-state index in [-0.39, 0.29) is 54.4 Å². The number of rotatable bonds is 10. The highest BCUT2D eigenvalue weighted by Crippen LogP contribution is 2.51. The largest absolute Gasteiger partial charge is 0.481 e. The van der Waals surface area contributed by atoms with Gasteiger partial charge in [0.05, 0.1) is 19.0 Å². The number of nitrogens with one attached hydrogen (secondary N) is 1. The maximum absolute atomic E-state index is 15.0. The van der Waals surface area contributed by atoms with Crippen LogP contribution in [-0.2, 0) is 16.3 Å². The summed E-state index contributed by atoms with van der Waals surface area (Å²) >= 11 is 0. The average molecular weight is 670 g/mol. The highest BCUT2D eigenvalue weighted by Gasteiger charge is 2.56. The Morgan fingerprint density at radius 1 is 1.13 bits per heavy atom. The minimum atomic E-state index is -4.70. The Bertz CT molecular complexity index is 1430. The molecular weight excluding hydrogens is 626 g/mol. The molecule has 0 bridgehead atoms. The van der Waals surface area contributed by atoms with Crippen LogP contribution in [0.2, 0.25) is 25.7 Å². The number of ether oxygens (including phenoxy) is 2. The fourth-order valence-corrected chi connectivity index (χ4v) is 7.18. The zero-order valence-corrected chi connectivity index (χ0v) is 27.8. The summed E-state index contributed by atoms with van der Waals surface area (Å²) in [7, 11) is 0.0700. The first kappa shape index (κ1) is 34.3. The van der Waals surface area contributed by atoms with Crippen LogP contribution in [0.4, 0.5) is 17.6 Å². The van der Waals surface area contributed by atoms with E-state index < -0.39 is 50.1 Å². The number of amides is 2. The van der Waals surface area contributed by atoms with E-state index in [0.29, 0.717) is 44.5 Å². The summed E-state index contributed by atoms with van der Waals surface area (Å²) in [6.07, 6.45) is -2.20. The highest BCUT2D eigenvalue weighted by molar-refractivity contribution is 6.76. The topological polar surface area (TPSA) is 119 Å². The Balaban J connectivity index is 1.27. The van der Waals surface area contributed by atoms with Crippen LogP contribution < -0.4 is 10.1 Å². The lowest BCUT2D eigenvalue weighted by Gasteiger charge is -2.41. The Morgan fingerprint density at radius 3 is 2.43 bits per heavy atom. The number of piperidine rings is 1. The van der Waals surface area contributed by atoms with Crippen LogP contribution in [0.5, 0.6) is 5.88 Å². The van der Waals surface area contributed by atoms with Gasteiger partial charge in [-0.2, -0.15) is 18.3 Å². The normalized spacial score (nSPS) is 24.6. The summed E-state index contributed by atoms with van der Waals surface area (Å²) in [6.45, 7) is 7.54. The van der Waals surface area contributed by atoms with Crippen molar-refractivity contribution < 1.29 is 41.7 Å². The molecule has 3 aliphatic rings. The summed E-state index contributed by atoms with van der Waals surface area (Å²) in [4.78, 5) is 32.8. The van der Waals surface area contributed by atoms with E-state index >= 15 is 4.39 Å². The molecule has 2 saturated carbocycles. The van der Waals surface area contributed by atoms with Crippen molar-refractivity contribution in [1.82, 2.24) is 25.0 Å². The number of aliphatic hydroxyl groups is 1. The van der Waals surface area contributed by atoms with Gasteiger partial charge in [0.25, 0.3) is 5.91 Å². The van der Waals surface area contributed by atoms with Gasteiger partial charge in [-0.25, -0.2) is 14.1 Å². The van der Waals surface area contributed by atoms with Gasteiger partial charge < -0.3 is 24.8 Å². The number of nitrogens with zero attached hydrogens (tertiary/aromatic N) is 4. The smallest absolute Gasteiger partial charge is 0.417 e. The number of methoxy groups -OCH3 is 1. The third kappa shape index (κ3) is 7.41. The molecule has 46 heavy (non-hydrogen) atoms. The molecule has 0 radical (unpaired) electrons. The molecule has 1 saturated heterocycles. The molecule has 3 fully saturated rings. The lowest BCUT2D eigenvalue weighted by Crippen LogP contribution is -2.54. The van der Waals surface area contributed by atoms with E-state index in [4.69, 9.17) is 9.47 Å². The van der Waals surface area contributed by atoms with Crippen molar-refractivity contribution >= 4 is 19.9 Å². The van der Waals surface area contributed by atoms with Crippen LogP contribution in [0.1, 0.15) is 61.9 Å². The first-order chi connectivity index (χ1) is 21.5. The number of hydrogen-bond acceptors (Lipinski definition) is 7. The minimum Gasteiger partial charge on any atom is -0.481 e. The summed E-state index contributed by atoms with van der Waals surface area (Å²) in [5.41, 5.74) is -2.57. The Kier molecular flexibility index (Phi) is 9.59. The lowest BCUT2D eigenvalue weighted by atomic mass is 9.81. The van der Waals surface area contributed by atoms with E-state index in [1.54, 1.807) is 11.0 Å². The number of pyridine rings is 1. The second-order valence-corrected chi connectivity index (χ2v) is 19.8. The SMILES string of the molecule is COc1cc(-c2cc(C(=O)N3CCC(C(=O)N[C@H]4CC[C@@](O)(C(F)(F)F)CC4)CC34CC4)nn2COCC[Si](C)(C)C)c(F)cn1. The van der Waals surface area contributed by atoms with Gasteiger partial charge in [0, 0.05) is 50.4 Å². The maximum atomic E-state index is 15.0. The molecule has 1 unspecified atom stereocenters. The molecule has 5 rings (SSSR count). The minimum absolute atomic E-state index is 0.0199. The first-order valence-corrected chi connectivity index (χ1v) is 19.5. The number of halogens is 4. The fourth-order valence-electron chi connectivity index (χ4n) is 6.43. The molecular formula is C31H43F4N5O5Si. The zero-order chi connectivity index (χ0) is 33.5. The predicted octanol–water partition coefficient (Wildman–Crippen LogP) is 5.14. The van der Waals surface area contributed by atoms with Crippen molar-refractivity contribution in [1.29, 1.82) is 0 Å². The van der Waals surface area contributed by atoms with Gasteiger partial charge in [0.1, 0.15) is 6.73 Å². The standard InChI is InChI=1S/C31H43F4N5O5Si/c1-44-26-15-22(23(32)18-36-26)25-16-24(38-40(25)19-45-13-14-46(2,3)4)28(42)39-12-7-20(17-29(39)10-11-29)27(41)37-21-5-8-30(43,9-6-21)31(33,34)35/h15-16,18,20-21,43H,5-14,17,19H2,1-4H3,(H,37,41)/t20?,21-,30-. The summed E-state index contributed by atoms with van der Waals surface area (Å²) < 4.78 is 67.1. The molecule has 0 aromatic carbocycles. The maximum Gasteiger partial charge on any atom is 0.417 e. The Labute approximate surface area is 266 Å². The molecule has 1 spiro atoms. The van der Waals surface area contributed by atoms with Crippen LogP contribution in [0.15, 0.2) is 18.3 Å². The van der Waals surface area contributed by atoms with Crippen molar-refractivity contribution in [2.24, 2.45) is 5.92 Å². The third-order valence-electron chi connectivity index (χ3n) is 9.55. The second kappa shape index (κ2) is 12.9. The summed E-state index contributed by atoms with van der Waals surface area (Å²) in [5.74, 6) is -1.34. The Hall–Kier alpha value is -3.04. The molecule has 2 aromatic heterocycles. The number of aromatic nitrogens is 3. The monoisotopic (exact) mass is 669 g/mol. The number of alkyl halides is 3. The number of hydrogen-bond donors (Lipinski definition) is 2. The van der Waals surface area contributed by atoms with E-state index in [1.165, 1.54) is 17.9 Å². The van der Waals surface area contributed by atoms with Crippen molar-refractivity contribution in [2.75, 3.05) is 20.3 Å². The molecule has 2 N–H and O–H groups in total. The van der Waals surface area contributed by atoms with Crippen LogP contribution in [0.25, 0.3) is 11.3 Å². The molecule has 254 valence electrons. The fraction of sp³-hybridized carbons (Fsp3) is 0.677. The third-order valence-corrected chi connectivity index (χ3v) is 11.3. The van der Waals surface area contributed by atoms with Crippen LogP contribution >= 0.6 is 0 Å². The highest BCUT2D eigenvalue weighted by atomic mass is 28.3. The molecule has 2 aliphatic carbocycles. The van der Waals surface area contributed by atoms with E-state index in [0.717, 1.165) is 12.2 Å². The van der Waals surface area contributed by atoms with Gasteiger partial charge in [0.2, 0.25) is 11.8 Å². The van der Waals surface area contributed by atoms with Gasteiger partial charge >= 0.3 is 6.18 Å². The van der Waals surface area contributed by atoms with E-state index in [2.05, 4.69) is 35.0 Å². The molecule has 3 heterocycles. The van der Waals surface area contributed by atoms with Crippen molar-refractivity contribution in [3.8, 4) is 17.1 Å². The predicted molar refractivity (Wildman–Crippen MR) is 163 cm³/mol. The molecule has 2 aromatic rings. The average Bonchev–Trinajstić information content (AvgIpc) is 3.62.